The molecule has 0 aliphatic heterocycles. The molecular weight excluding hydrogens is 529 g/mol. The molecule has 0 saturated heterocycles. The fourth-order valence-electron chi connectivity index (χ4n) is 6.15. The molecule has 0 aromatic heterocycles. The first-order valence-corrected chi connectivity index (χ1v) is 13.8. The predicted octanol–water partition coefficient (Wildman–Crippen LogP) is 7.32. The van der Waals surface area contributed by atoms with E-state index in [9.17, 15) is 14.0 Å². The van der Waals surface area contributed by atoms with Crippen LogP contribution in [0.3, 0.4) is 0 Å². The molecular formula is C33H33F3N2O3. The lowest BCUT2D eigenvalue weighted by atomic mass is 9.87. The number of fused-ring (bicyclic) bond motifs is 2. The topological polar surface area (TPSA) is 49.9 Å². The third kappa shape index (κ3) is 6.01. The van der Waals surface area contributed by atoms with Gasteiger partial charge in [-0.3, -0.25) is 9.69 Å². The molecule has 3 aromatic rings. The van der Waals surface area contributed by atoms with Crippen LogP contribution in [-0.2, 0) is 14.3 Å². The van der Waals surface area contributed by atoms with E-state index in [1.807, 2.05) is 43.3 Å². The molecule has 5 nitrogen and oxygen atoms in total. The van der Waals surface area contributed by atoms with Crippen LogP contribution in [0, 0.1) is 29.4 Å². The molecule has 4 unspecified atom stereocenters. The van der Waals surface area contributed by atoms with Crippen molar-refractivity contribution in [3.05, 3.63) is 89.5 Å². The molecule has 2 saturated carbocycles. The minimum atomic E-state index is -2.19. The monoisotopic (exact) mass is 562 g/mol. The molecule has 41 heavy (non-hydrogen) atoms. The summed E-state index contributed by atoms with van der Waals surface area (Å²) in [5.74, 6) is -2.53. The Morgan fingerprint density at radius 2 is 1.66 bits per heavy atom. The summed E-state index contributed by atoms with van der Waals surface area (Å²) in [6, 6.07) is 15.4. The van der Waals surface area contributed by atoms with Crippen molar-refractivity contribution in [2.75, 3.05) is 31.0 Å². The van der Waals surface area contributed by atoms with Crippen molar-refractivity contribution >= 4 is 29.3 Å². The lowest BCUT2D eigenvalue weighted by molar-refractivity contribution is -0.134. The van der Waals surface area contributed by atoms with Gasteiger partial charge in [0.2, 0.25) is 12.2 Å². The highest BCUT2D eigenvalue weighted by atomic mass is 19.1. The number of methoxy groups -OCH3 is 1. The van der Waals surface area contributed by atoms with Crippen LogP contribution >= 0.6 is 0 Å². The van der Waals surface area contributed by atoms with Crippen LogP contribution in [0.25, 0.3) is 17.2 Å². The van der Waals surface area contributed by atoms with Gasteiger partial charge in [0.1, 0.15) is 11.6 Å². The molecule has 0 radical (unpaired) electrons. The van der Waals surface area contributed by atoms with Gasteiger partial charge in [-0.15, -0.1) is 0 Å². The molecule has 214 valence electrons. The van der Waals surface area contributed by atoms with E-state index in [4.69, 9.17) is 0 Å². The summed E-state index contributed by atoms with van der Waals surface area (Å²) in [5, 5.41) is 0. The number of ether oxygens (including phenoxy) is 1. The Hall–Kier alpha value is -4.07. The zero-order valence-electron chi connectivity index (χ0n) is 23.3. The SMILES string of the molecule is COC(=O)/C=C/c1cc(F)cc(N(C(=O)C2CC3CCC2C3)C(F)c2ccc(-c3ccc(N(C)C)cc3)cc2F)c1. The summed E-state index contributed by atoms with van der Waals surface area (Å²) in [6.07, 6.45) is 3.72. The van der Waals surface area contributed by atoms with E-state index in [2.05, 4.69) is 4.74 Å². The molecule has 1 amide bonds. The molecule has 2 fully saturated rings. The summed E-state index contributed by atoms with van der Waals surface area (Å²) in [7, 11) is 5.06. The third-order valence-electron chi connectivity index (χ3n) is 8.29. The summed E-state index contributed by atoms with van der Waals surface area (Å²) >= 11 is 0. The summed E-state index contributed by atoms with van der Waals surface area (Å²) < 4.78 is 51.3. The fourth-order valence-corrected chi connectivity index (χ4v) is 6.15. The lowest BCUT2D eigenvalue weighted by Crippen LogP contribution is -2.40. The number of carbonyl (C=O) groups is 2. The average molecular weight is 563 g/mol. The minimum absolute atomic E-state index is 0.0439. The standard InChI is InChI=1S/C33H33F3N2O3/c1-37(2)26-10-7-22(8-11-26)23-9-12-28(30(35)18-23)32(36)38(33(40)29-17-20-4-6-24(29)14-20)27-16-21(15-25(34)19-27)5-13-31(39)41-3/h5,7-13,15-16,18-20,24,29,32H,4,6,14,17H2,1-3H3/b13-5+. The van der Waals surface area contributed by atoms with Gasteiger partial charge < -0.3 is 9.64 Å². The highest BCUT2D eigenvalue weighted by Gasteiger charge is 2.46. The second-order valence-corrected chi connectivity index (χ2v) is 11.1. The van der Waals surface area contributed by atoms with E-state index >= 15 is 8.78 Å². The Labute approximate surface area is 238 Å². The van der Waals surface area contributed by atoms with Crippen LogP contribution in [0.1, 0.15) is 43.1 Å². The van der Waals surface area contributed by atoms with E-state index in [-0.39, 0.29) is 22.7 Å². The maximum absolute atomic E-state index is 16.4. The first-order valence-electron chi connectivity index (χ1n) is 13.8. The summed E-state index contributed by atoms with van der Waals surface area (Å²) in [5.41, 5.74) is 2.19. The van der Waals surface area contributed by atoms with Gasteiger partial charge in [0.15, 0.2) is 0 Å². The number of nitrogens with zero attached hydrogens (tertiary/aromatic N) is 2. The van der Waals surface area contributed by atoms with E-state index < -0.39 is 35.7 Å². The molecule has 2 bridgehead atoms. The molecule has 2 aliphatic carbocycles. The molecule has 0 heterocycles. The largest absolute Gasteiger partial charge is 0.466 e. The summed E-state index contributed by atoms with van der Waals surface area (Å²) in [4.78, 5) is 28.3. The smallest absolute Gasteiger partial charge is 0.330 e. The van der Waals surface area contributed by atoms with E-state index in [1.54, 1.807) is 6.07 Å². The zero-order valence-corrected chi connectivity index (χ0v) is 23.3. The van der Waals surface area contributed by atoms with E-state index in [0.29, 0.717) is 17.9 Å². The Morgan fingerprint density at radius 1 is 0.927 bits per heavy atom. The number of hydrogen-bond donors (Lipinski definition) is 0. The molecule has 0 N–H and O–H groups in total. The lowest BCUT2D eigenvalue weighted by Gasteiger charge is -2.32. The first-order chi connectivity index (χ1) is 19.6. The van der Waals surface area contributed by atoms with Gasteiger partial charge in [0, 0.05) is 37.3 Å². The van der Waals surface area contributed by atoms with E-state index in [0.717, 1.165) is 53.6 Å². The Kier molecular flexibility index (Phi) is 8.20. The second kappa shape index (κ2) is 11.8. The van der Waals surface area contributed by atoms with Gasteiger partial charge in [-0.1, -0.05) is 30.7 Å². The van der Waals surface area contributed by atoms with Gasteiger partial charge in [-0.05, 0) is 90.3 Å². The van der Waals surface area contributed by atoms with Gasteiger partial charge in [0.05, 0.1) is 12.8 Å². The van der Waals surface area contributed by atoms with Crippen LogP contribution in [-0.4, -0.2) is 33.1 Å². The first kappa shape index (κ1) is 28.5. The fraction of sp³-hybridized carbons (Fsp3) is 0.333. The quantitative estimate of drug-likeness (QED) is 0.164. The maximum atomic E-state index is 16.4. The Morgan fingerprint density at radius 3 is 2.27 bits per heavy atom. The number of amides is 1. The number of esters is 1. The van der Waals surface area contributed by atoms with Crippen LogP contribution in [0.15, 0.2) is 66.7 Å². The Balaban J connectivity index is 1.51. The second-order valence-electron chi connectivity index (χ2n) is 11.1. The van der Waals surface area contributed by atoms with Gasteiger partial charge in [-0.25, -0.2) is 18.0 Å². The zero-order chi connectivity index (χ0) is 29.3. The van der Waals surface area contributed by atoms with Crippen LogP contribution < -0.4 is 9.80 Å². The average Bonchev–Trinajstić information content (AvgIpc) is 3.60. The number of rotatable bonds is 8. The number of carbonyl (C=O) groups excluding carboxylic acids is 2. The van der Waals surface area contributed by atoms with Crippen molar-refractivity contribution in [2.24, 2.45) is 17.8 Å². The van der Waals surface area contributed by atoms with Crippen molar-refractivity contribution in [1.29, 1.82) is 0 Å². The molecule has 8 heteroatoms. The molecule has 5 rings (SSSR count). The van der Waals surface area contributed by atoms with Crippen LogP contribution in [0.5, 0.6) is 0 Å². The molecule has 0 spiro atoms. The maximum Gasteiger partial charge on any atom is 0.330 e. The van der Waals surface area contributed by atoms with Crippen molar-refractivity contribution < 1.29 is 27.5 Å². The van der Waals surface area contributed by atoms with Crippen LogP contribution in [0.2, 0.25) is 0 Å². The van der Waals surface area contributed by atoms with E-state index in [1.165, 1.54) is 31.4 Å². The molecule has 3 aromatic carbocycles. The minimum Gasteiger partial charge on any atom is -0.466 e. The molecule has 4 atom stereocenters. The Bertz CT molecular complexity index is 1470. The highest BCUT2D eigenvalue weighted by molar-refractivity contribution is 5.96. The van der Waals surface area contributed by atoms with Crippen molar-refractivity contribution in [3.63, 3.8) is 0 Å². The number of hydrogen-bond acceptors (Lipinski definition) is 4. The van der Waals surface area contributed by atoms with Gasteiger partial charge in [-0.2, -0.15) is 0 Å². The molecule has 2 aliphatic rings. The van der Waals surface area contributed by atoms with Crippen LogP contribution in [0.4, 0.5) is 24.5 Å². The number of halogens is 3. The number of anilines is 2. The van der Waals surface area contributed by atoms with Crippen molar-refractivity contribution in [2.45, 2.75) is 32.0 Å². The number of benzene rings is 3. The van der Waals surface area contributed by atoms with Gasteiger partial charge in [0.25, 0.3) is 0 Å². The van der Waals surface area contributed by atoms with Crippen molar-refractivity contribution in [3.8, 4) is 11.1 Å². The van der Waals surface area contributed by atoms with Crippen molar-refractivity contribution in [1.82, 2.24) is 0 Å². The third-order valence-corrected chi connectivity index (χ3v) is 8.29. The normalized spacial score (nSPS) is 20.3. The number of alkyl halides is 1. The van der Waals surface area contributed by atoms with Gasteiger partial charge >= 0.3 is 5.97 Å². The highest BCUT2D eigenvalue weighted by Crippen LogP contribution is 2.50. The predicted molar refractivity (Wildman–Crippen MR) is 154 cm³/mol. The summed E-state index contributed by atoms with van der Waals surface area (Å²) in [6.45, 7) is 0.